The second-order valence-corrected chi connectivity index (χ2v) is 7.86. The molecule has 0 bridgehead atoms. The number of anilines is 1. The number of carbonyl (C=O) groups excluding carboxylic acids is 1. The molecule has 1 aliphatic heterocycles. The monoisotopic (exact) mass is 423 g/mol. The number of piperazine rings is 1. The van der Waals surface area contributed by atoms with Gasteiger partial charge in [-0.2, -0.15) is 4.52 Å². The van der Waals surface area contributed by atoms with Crippen LogP contribution in [0.2, 0.25) is 0 Å². The number of halogens is 1. The van der Waals surface area contributed by atoms with Crippen molar-refractivity contribution < 1.29 is 9.18 Å². The summed E-state index contributed by atoms with van der Waals surface area (Å²) in [5.41, 5.74) is 1.47. The lowest BCUT2D eigenvalue weighted by molar-refractivity contribution is 0.0741. The van der Waals surface area contributed by atoms with Gasteiger partial charge in [0.1, 0.15) is 22.3 Å². The zero-order valence-electron chi connectivity index (χ0n) is 16.2. The van der Waals surface area contributed by atoms with E-state index < -0.39 is 0 Å². The third-order valence-corrected chi connectivity index (χ3v) is 6.00. The lowest BCUT2D eigenvalue weighted by Gasteiger charge is -2.35. The second-order valence-electron chi connectivity index (χ2n) is 7.01. The molecule has 0 atom stereocenters. The highest BCUT2D eigenvalue weighted by Crippen LogP contribution is 2.27. The minimum Gasteiger partial charge on any atom is -0.352 e. The van der Waals surface area contributed by atoms with Gasteiger partial charge in [0.2, 0.25) is 0 Å². The molecule has 1 saturated heterocycles. The van der Waals surface area contributed by atoms with Crippen molar-refractivity contribution in [2.75, 3.05) is 31.1 Å². The molecule has 152 valence electrons. The summed E-state index contributed by atoms with van der Waals surface area (Å²) < 4.78 is 15.7. The van der Waals surface area contributed by atoms with E-state index in [1.165, 1.54) is 17.4 Å². The summed E-state index contributed by atoms with van der Waals surface area (Å²) in [6.45, 7) is 4.31. The number of rotatable bonds is 3. The van der Waals surface area contributed by atoms with Crippen LogP contribution in [0.1, 0.15) is 16.3 Å². The van der Waals surface area contributed by atoms with Crippen molar-refractivity contribution in [3.8, 4) is 10.6 Å². The van der Waals surface area contributed by atoms with E-state index in [0.29, 0.717) is 48.1 Å². The molecule has 0 spiro atoms. The fourth-order valence-electron chi connectivity index (χ4n) is 3.49. The molecule has 1 fully saturated rings. The van der Waals surface area contributed by atoms with Gasteiger partial charge in [0.05, 0.1) is 0 Å². The molecule has 10 heteroatoms. The summed E-state index contributed by atoms with van der Waals surface area (Å²) in [4.78, 5) is 21.2. The van der Waals surface area contributed by atoms with Gasteiger partial charge in [0.25, 0.3) is 5.91 Å². The molecule has 1 aliphatic rings. The highest BCUT2D eigenvalue weighted by molar-refractivity contribution is 7.13. The Morgan fingerprint density at radius 2 is 1.87 bits per heavy atom. The van der Waals surface area contributed by atoms with Gasteiger partial charge in [-0.3, -0.25) is 4.79 Å². The summed E-state index contributed by atoms with van der Waals surface area (Å²) in [6, 6.07) is 10.3. The zero-order chi connectivity index (χ0) is 20.7. The van der Waals surface area contributed by atoms with E-state index in [-0.39, 0.29) is 11.7 Å². The van der Waals surface area contributed by atoms with Gasteiger partial charge in [-0.05, 0) is 31.2 Å². The van der Waals surface area contributed by atoms with E-state index in [0.717, 1.165) is 11.6 Å². The molecule has 0 saturated carbocycles. The fourth-order valence-corrected chi connectivity index (χ4v) is 4.31. The highest BCUT2D eigenvalue weighted by atomic mass is 32.1. The Morgan fingerprint density at radius 1 is 1.07 bits per heavy atom. The van der Waals surface area contributed by atoms with Crippen LogP contribution >= 0.6 is 11.3 Å². The van der Waals surface area contributed by atoms with Crippen molar-refractivity contribution in [2.24, 2.45) is 0 Å². The van der Waals surface area contributed by atoms with Crippen molar-refractivity contribution in [2.45, 2.75) is 6.92 Å². The van der Waals surface area contributed by atoms with Gasteiger partial charge in [-0.25, -0.2) is 9.37 Å². The number of hydrogen-bond acceptors (Lipinski definition) is 7. The average Bonchev–Trinajstić information content (AvgIpc) is 3.41. The number of thiazole rings is 1. The van der Waals surface area contributed by atoms with Crippen LogP contribution in [0.5, 0.6) is 0 Å². The largest absolute Gasteiger partial charge is 0.352 e. The van der Waals surface area contributed by atoms with Gasteiger partial charge < -0.3 is 9.80 Å². The summed E-state index contributed by atoms with van der Waals surface area (Å²) >= 11 is 1.28. The van der Waals surface area contributed by atoms with Crippen LogP contribution in [0.4, 0.5) is 10.2 Å². The van der Waals surface area contributed by atoms with Gasteiger partial charge in [0.15, 0.2) is 11.5 Å². The van der Waals surface area contributed by atoms with Crippen LogP contribution < -0.4 is 4.90 Å². The number of benzene rings is 1. The Labute approximate surface area is 175 Å². The molecule has 3 aromatic heterocycles. The van der Waals surface area contributed by atoms with Crippen LogP contribution in [0, 0.1) is 12.7 Å². The number of carbonyl (C=O) groups is 1. The number of fused-ring (bicyclic) bond motifs is 1. The van der Waals surface area contributed by atoms with Crippen molar-refractivity contribution in [1.29, 1.82) is 0 Å². The van der Waals surface area contributed by atoms with Crippen molar-refractivity contribution in [3.63, 3.8) is 0 Å². The molecule has 0 N–H and O–H groups in total. The number of hydrogen-bond donors (Lipinski definition) is 0. The first-order valence-electron chi connectivity index (χ1n) is 9.54. The van der Waals surface area contributed by atoms with Crippen LogP contribution in [-0.2, 0) is 0 Å². The zero-order valence-corrected chi connectivity index (χ0v) is 17.0. The first-order valence-corrected chi connectivity index (χ1v) is 10.4. The summed E-state index contributed by atoms with van der Waals surface area (Å²) in [5, 5.41) is 14.9. The van der Waals surface area contributed by atoms with E-state index in [1.807, 2.05) is 19.1 Å². The molecule has 4 aromatic rings. The summed E-state index contributed by atoms with van der Waals surface area (Å²) in [6.07, 6.45) is 0. The van der Waals surface area contributed by atoms with Crippen LogP contribution in [-0.4, -0.2) is 61.8 Å². The van der Waals surface area contributed by atoms with Crippen molar-refractivity contribution in [3.05, 3.63) is 59.1 Å². The lowest BCUT2D eigenvalue weighted by atomic mass is 10.2. The SMILES string of the molecule is Cc1nnc2ccc(N3CCN(C(=O)c4csc(-c5ccccc5F)n4)CC3)nn12. The Balaban J connectivity index is 1.28. The predicted molar refractivity (Wildman–Crippen MR) is 111 cm³/mol. The summed E-state index contributed by atoms with van der Waals surface area (Å²) in [5.74, 6) is 1.08. The van der Waals surface area contributed by atoms with Crippen molar-refractivity contribution >= 4 is 28.7 Å². The van der Waals surface area contributed by atoms with E-state index in [9.17, 15) is 9.18 Å². The maximum absolute atomic E-state index is 14.0. The smallest absolute Gasteiger partial charge is 0.273 e. The Kier molecular flexibility index (Phi) is 4.62. The van der Waals surface area contributed by atoms with Gasteiger partial charge in [-0.1, -0.05) is 12.1 Å². The van der Waals surface area contributed by atoms with Crippen LogP contribution in [0.25, 0.3) is 16.2 Å². The maximum atomic E-state index is 14.0. The molecular weight excluding hydrogens is 405 g/mol. The molecular formula is C20H18FN7OS. The van der Waals surface area contributed by atoms with E-state index in [2.05, 4.69) is 25.2 Å². The minimum absolute atomic E-state index is 0.133. The number of aryl methyl sites for hydroxylation is 1. The summed E-state index contributed by atoms with van der Waals surface area (Å²) in [7, 11) is 0. The molecule has 0 radical (unpaired) electrons. The first kappa shape index (κ1) is 18.6. The normalized spacial score (nSPS) is 14.5. The number of amides is 1. The number of aromatic nitrogens is 5. The van der Waals surface area contributed by atoms with Crippen LogP contribution in [0.15, 0.2) is 41.8 Å². The van der Waals surface area contributed by atoms with Gasteiger partial charge in [0, 0.05) is 37.1 Å². The molecule has 1 amide bonds. The third-order valence-electron chi connectivity index (χ3n) is 5.12. The highest BCUT2D eigenvalue weighted by Gasteiger charge is 2.25. The third kappa shape index (κ3) is 3.28. The molecule has 30 heavy (non-hydrogen) atoms. The molecule has 1 aromatic carbocycles. The lowest BCUT2D eigenvalue weighted by Crippen LogP contribution is -2.49. The quantitative estimate of drug-likeness (QED) is 0.504. The molecule has 8 nitrogen and oxygen atoms in total. The van der Waals surface area contributed by atoms with Gasteiger partial charge >= 0.3 is 0 Å². The minimum atomic E-state index is -0.340. The molecule has 5 rings (SSSR count). The molecule has 4 heterocycles. The predicted octanol–water partition coefficient (Wildman–Crippen LogP) is 2.66. The first-order chi connectivity index (χ1) is 14.6. The standard InChI is InChI=1S/C20H18FN7OS/c1-13-23-24-17-6-7-18(25-28(13)17)26-8-10-27(11-9-26)20(29)16-12-30-19(22-16)14-4-2-3-5-15(14)21/h2-7,12H,8-11H2,1H3. The molecule has 0 unspecified atom stereocenters. The van der Waals surface area contributed by atoms with E-state index >= 15 is 0 Å². The topological polar surface area (TPSA) is 79.5 Å². The Morgan fingerprint density at radius 3 is 2.67 bits per heavy atom. The second kappa shape index (κ2) is 7.45. The molecule has 0 aliphatic carbocycles. The number of nitrogens with zero attached hydrogens (tertiary/aromatic N) is 7. The van der Waals surface area contributed by atoms with Crippen molar-refractivity contribution in [1.82, 2.24) is 29.7 Å². The Bertz CT molecular complexity index is 1230. The average molecular weight is 423 g/mol. The Hall–Kier alpha value is -3.40. The van der Waals surface area contributed by atoms with E-state index in [1.54, 1.807) is 33.0 Å². The maximum Gasteiger partial charge on any atom is 0.273 e. The fraction of sp³-hybridized carbons (Fsp3) is 0.250. The van der Waals surface area contributed by atoms with Gasteiger partial charge in [-0.15, -0.1) is 26.6 Å². The van der Waals surface area contributed by atoms with Crippen LogP contribution in [0.3, 0.4) is 0 Å². The van der Waals surface area contributed by atoms with E-state index in [4.69, 9.17) is 0 Å².